The Hall–Kier alpha value is -1.85. The van der Waals surface area contributed by atoms with E-state index in [2.05, 4.69) is 0 Å². The van der Waals surface area contributed by atoms with Crippen LogP contribution in [0.2, 0.25) is 0 Å². The predicted octanol–water partition coefficient (Wildman–Crippen LogP) is 1.14. The molecule has 0 aliphatic carbocycles. The molecule has 0 amide bonds. The summed E-state index contributed by atoms with van der Waals surface area (Å²) in [4.78, 5) is 1.92. The molecule has 0 atom stereocenters. The van der Waals surface area contributed by atoms with Gasteiger partial charge in [0.2, 0.25) is 0 Å². The van der Waals surface area contributed by atoms with Crippen molar-refractivity contribution in [2.45, 2.75) is 6.54 Å². The number of nitrogens with zero attached hydrogens (tertiary/aromatic N) is 1. The summed E-state index contributed by atoms with van der Waals surface area (Å²) in [6, 6.07) is 13.4. The normalized spacial score (nSPS) is 10.3. The quantitative estimate of drug-likeness (QED) is 0.809. The zero-order valence-corrected chi connectivity index (χ0v) is 10.6. The van der Waals surface area contributed by atoms with Crippen LogP contribution in [0.15, 0.2) is 48.5 Å². The Morgan fingerprint density at radius 1 is 1.11 bits per heavy atom. The summed E-state index contributed by atoms with van der Waals surface area (Å²) in [6.07, 6.45) is 0. The van der Waals surface area contributed by atoms with E-state index in [1.807, 2.05) is 30.1 Å². The lowest BCUT2D eigenvalue weighted by Crippen LogP contribution is -2.29. The van der Waals surface area contributed by atoms with Crippen molar-refractivity contribution in [2.24, 2.45) is 0 Å². The van der Waals surface area contributed by atoms with Crippen LogP contribution in [0, 0.1) is 5.82 Å². The third kappa shape index (κ3) is 3.56. The topological polar surface area (TPSA) is 43.7 Å². The number of hydrogen-bond acceptors (Lipinski definition) is 3. The van der Waals surface area contributed by atoms with Crippen LogP contribution >= 0.6 is 0 Å². The van der Waals surface area contributed by atoms with E-state index in [9.17, 15) is 4.39 Å². The summed E-state index contributed by atoms with van der Waals surface area (Å²) in [5.74, 6) is -0.261. The molecular weight excluding hydrogens is 244 g/mol. The Morgan fingerprint density at radius 3 is 2.37 bits per heavy atom. The van der Waals surface area contributed by atoms with Crippen molar-refractivity contribution in [3.63, 3.8) is 0 Å². The van der Waals surface area contributed by atoms with E-state index in [-0.39, 0.29) is 5.82 Å². The van der Waals surface area contributed by atoms with Gasteiger partial charge in [-0.05, 0) is 29.2 Å². The molecule has 0 saturated heterocycles. The number of benzene rings is 2. The molecule has 0 bridgehead atoms. The van der Waals surface area contributed by atoms with Crippen LogP contribution in [-0.2, 0) is 6.54 Å². The van der Waals surface area contributed by atoms with Gasteiger partial charge < -0.3 is 14.9 Å². The lowest BCUT2D eigenvalue weighted by Gasteiger charge is -2.19. The minimum atomic E-state index is -1.45. The molecule has 0 aliphatic rings. The van der Waals surface area contributed by atoms with E-state index in [1.165, 1.54) is 12.1 Å². The van der Waals surface area contributed by atoms with Crippen LogP contribution in [0.25, 0.3) is 0 Å². The Labute approximate surface area is 112 Å². The van der Waals surface area contributed by atoms with Crippen molar-refractivity contribution in [2.75, 3.05) is 11.9 Å². The van der Waals surface area contributed by atoms with Crippen LogP contribution in [-0.4, -0.2) is 24.2 Å². The minimum absolute atomic E-state index is 0.261. The minimum Gasteiger partial charge on any atom is -0.423 e. The summed E-state index contributed by atoms with van der Waals surface area (Å²) in [6.45, 7) is 0.616. The third-order valence-electron chi connectivity index (χ3n) is 2.95. The highest BCUT2D eigenvalue weighted by molar-refractivity contribution is 6.58. The molecule has 0 aromatic heterocycles. The van der Waals surface area contributed by atoms with E-state index >= 15 is 0 Å². The van der Waals surface area contributed by atoms with Crippen LogP contribution in [0.3, 0.4) is 0 Å². The van der Waals surface area contributed by atoms with Gasteiger partial charge in [-0.1, -0.05) is 30.3 Å². The molecule has 2 aromatic rings. The first-order valence-corrected chi connectivity index (χ1v) is 5.98. The van der Waals surface area contributed by atoms with Crippen molar-refractivity contribution in [1.29, 1.82) is 0 Å². The van der Waals surface area contributed by atoms with Gasteiger partial charge in [0.25, 0.3) is 0 Å². The highest BCUT2D eigenvalue weighted by Gasteiger charge is 2.10. The van der Waals surface area contributed by atoms with Crippen LogP contribution < -0.4 is 10.4 Å². The second kappa shape index (κ2) is 5.86. The molecule has 98 valence electrons. The molecule has 2 rings (SSSR count). The first-order valence-electron chi connectivity index (χ1n) is 5.98. The summed E-state index contributed by atoms with van der Waals surface area (Å²) >= 11 is 0. The fourth-order valence-electron chi connectivity index (χ4n) is 1.87. The van der Waals surface area contributed by atoms with E-state index in [0.717, 1.165) is 11.3 Å². The highest BCUT2D eigenvalue weighted by atomic mass is 19.1. The fraction of sp³-hybridized carbons (Fsp3) is 0.143. The molecule has 0 heterocycles. The predicted molar refractivity (Wildman–Crippen MR) is 74.8 cm³/mol. The standard InChI is InChI=1S/C14H15BFNO2/c1-17(14-4-2-3-13(16)9-14)10-11-5-7-12(8-6-11)15(18)19/h2-9,18-19H,10H2,1H3. The molecule has 0 fully saturated rings. The van der Waals surface area contributed by atoms with Gasteiger partial charge >= 0.3 is 7.12 Å². The van der Waals surface area contributed by atoms with Gasteiger partial charge in [0.05, 0.1) is 0 Å². The van der Waals surface area contributed by atoms with Crippen LogP contribution in [0.1, 0.15) is 5.56 Å². The number of rotatable bonds is 4. The first kappa shape index (κ1) is 13.6. The Kier molecular flexibility index (Phi) is 4.19. The Morgan fingerprint density at radius 2 is 1.79 bits per heavy atom. The Balaban J connectivity index is 2.08. The second-order valence-corrected chi connectivity index (χ2v) is 4.45. The van der Waals surface area contributed by atoms with Crippen molar-refractivity contribution in [3.05, 3.63) is 59.9 Å². The monoisotopic (exact) mass is 259 g/mol. The molecule has 0 unspecified atom stereocenters. The Bertz CT molecular complexity index is 545. The SMILES string of the molecule is CN(Cc1ccc(B(O)O)cc1)c1cccc(F)c1. The van der Waals surface area contributed by atoms with Gasteiger partial charge in [-0.3, -0.25) is 0 Å². The zero-order valence-electron chi connectivity index (χ0n) is 10.6. The summed E-state index contributed by atoms with van der Waals surface area (Å²) < 4.78 is 13.1. The maximum atomic E-state index is 13.1. The van der Waals surface area contributed by atoms with Gasteiger partial charge in [0, 0.05) is 19.3 Å². The molecule has 0 spiro atoms. The maximum Gasteiger partial charge on any atom is 0.488 e. The molecule has 3 nitrogen and oxygen atoms in total. The van der Waals surface area contributed by atoms with Gasteiger partial charge in [0.15, 0.2) is 0 Å². The van der Waals surface area contributed by atoms with Crippen LogP contribution in [0.5, 0.6) is 0 Å². The van der Waals surface area contributed by atoms with E-state index < -0.39 is 7.12 Å². The first-order chi connectivity index (χ1) is 9.06. The van der Waals surface area contributed by atoms with E-state index in [4.69, 9.17) is 10.0 Å². The zero-order chi connectivity index (χ0) is 13.8. The molecule has 2 aromatic carbocycles. The fourth-order valence-corrected chi connectivity index (χ4v) is 1.87. The molecule has 5 heteroatoms. The highest BCUT2D eigenvalue weighted by Crippen LogP contribution is 2.16. The van der Waals surface area contributed by atoms with Crippen molar-refractivity contribution < 1.29 is 14.4 Å². The van der Waals surface area contributed by atoms with E-state index in [1.54, 1.807) is 18.2 Å². The van der Waals surface area contributed by atoms with E-state index in [0.29, 0.717) is 12.0 Å². The molecular formula is C14H15BFNO2. The molecule has 2 N–H and O–H groups in total. The lowest BCUT2D eigenvalue weighted by atomic mass is 9.80. The molecule has 19 heavy (non-hydrogen) atoms. The summed E-state index contributed by atoms with van der Waals surface area (Å²) in [5.41, 5.74) is 2.26. The van der Waals surface area contributed by atoms with Crippen molar-refractivity contribution in [3.8, 4) is 0 Å². The number of hydrogen-bond donors (Lipinski definition) is 2. The third-order valence-corrected chi connectivity index (χ3v) is 2.95. The van der Waals surface area contributed by atoms with Gasteiger partial charge in [-0.2, -0.15) is 0 Å². The van der Waals surface area contributed by atoms with Gasteiger partial charge in [0.1, 0.15) is 5.82 Å². The van der Waals surface area contributed by atoms with Gasteiger partial charge in [-0.15, -0.1) is 0 Å². The maximum absolute atomic E-state index is 13.1. The van der Waals surface area contributed by atoms with Crippen molar-refractivity contribution >= 4 is 18.3 Å². The lowest BCUT2D eigenvalue weighted by molar-refractivity contribution is 0.426. The average molecular weight is 259 g/mol. The molecule has 0 radical (unpaired) electrons. The second-order valence-electron chi connectivity index (χ2n) is 4.45. The average Bonchev–Trinajstić information content (AvgIpc) is 2.39. The summed E-state index contributed by atoms with van der Waals surface area (Å²) in [7, 11) is 0.429. The van der Waals surface area contributed by atoms with Crippen molar-refractivity contribution in [1.82, 2.24) is 0 Å². The largest absolute Gasteiger partial charge is 0.488 e. The molecule has 0 saturated carbocycles. The smallest absolute Gasteiger partial charge is 0.423 e. The van der Waals surface area contributed by atoms with Gasteiger partial charge in [-0.25, -0.2) is 4.39 Å². The molecule has 0 aliphatic heterocycles. The summed E-state index contributed by atoms with van der Waals surface area (Å²) in [5, 5.41) is 18.0. The van der Waals surface area contributed by atoms with Crippen LogP contribution in [0.4, 0.5) is 10.1 Å². The number of halogens is 1. The number of anilines is 1.